The maximum atomic E-state index is 13.8. The van der Waals surface area contributed by atoms with E-state index in [1.165, 1.54) is 24.3 Å². The number of benzene rings is 2. The van der Waals surface area contributed by atoms with E-state index in [0.29, 0.717) is 19.6 Å². The van der Waals surface area contributed by atoms with Crippen molar-refractivity contribution in [2.75, 3.05) is 19.6 Å². The van der Waals surface area contributed by atoms with E-state index >= 15 is 0 Å². The molecular formula is C29H31ClFN3O5S. The molecule has 2 saturated carbocycles. The molecule has 3 N–H and O–H groups in total. The second-order valence-corrected chi connectivity index (χ2v) is 14.0. The zero-order valence-electron chi connectivity index (χ0n) is 21.8. The fourth-order valence-corrected chi connectivity index (χ4v) is 9.56. The molecule has 3 fully saturated rings. The summed E-state index contributed by atoms with van der Waals surface area (Å²) in [6.07, 6.45) is 1.40. The Bertz CT molecular complexity index is 1470. The summed E-state index contributed by atoms with van der Waals surface area (Å²) in [4.78, 5) is 27.5. The smallest absolute Gasteiger partial charge is 0.310 e. The number of sulfone groups is 1. The van der Waals surface area contributed by atoms with E-state index < -0.39 is 49.6 Å². The van der Waals surface area contributed by atoms with Crippen molar-refractivity contribution in [3.63, 3.8) is 0 Å². The maximum Gasteiger partial charge on any atom is 0.310 e. The molecule has 2 aliphatic carbocycles. The minimum Gasteiger partial charge on any atom is -0.481 e. The van der Waals surface area contributed by atoms with Gasteiger partial charge < -0.3 is 15.7 Å². The van der Waals surface area contributed by atoms with Crippen molar-refractivity contribution < 1.29 is 27.5 Å². The first-order valence-electron chi connectivity index (χ1n) is 13.4. The average molecular weight is 588 g/mol. The van der Waals surface area contributed by atoms with Gasteiger partial charge in [0.05, 0.1) is 26.7 Å². The molecule has 2 aromatic rings. The van der Waals surface area contributed by atoms with Crippen LogP contribution in [0, 0.1) is 39.8 Å². The highest BCUT2D eigenvalue weighted by Gasteiger charge is 2.74. The fraction of sp³-hybridized carbons (Fsp3) is 0.483. The predicted molar refractivity (Wildman–Crippen MR) is 145 cm³/mol. The molecule has 11 heteroatoms. The van der Waals surface area contributed by atoms with E-state index in [1.807, 2.05) is 6.07 Å². The van der Waals surface area contributed by atoms with Gasteiger partial charge in [-0.05, 0) is 86.9 Å². The molecule has 0 aromatic heterocycles. The van der Waals surface area contributed by atoms with Gasteiger partial charge in [0.2, 0.25) is 5.91 Å². The van der Waals surface area contributed by atoms with Crippen molar-refractivity contribution in [2.24, 2.45) is 28.4 Å². The van der Waals surface area contributed by atoms with Crippen molar-refractivity contribution in [2.45, 2.75) is 48.2 Å². The van der Waals surface area contributed by atoms with Crippen LogP contribution in [0.2, 0.25) is 5.02 Å². The van der Waals surface area contributed by atoms with Gasteiger partial charge in [0.1, 0.15) is 11.2 Å². The third-order valence-electron chi connectivity index (χ3n) is 9.45. The van der Waals surface area contributed by atoms with Crippen LogP contribution in [0.5, 0.6) is 0 Å². The van der Waals surface area contributed by atoms with Crippen molar-refractivity contribution in [3.8, 4) is 6.07 Å². The lowest BCUT2D eigenvalue weighted by molar-refractivity contribution is -0.154. The topological polar surface area (TPSA) is 142 Å². The molecule has 1 amide bonds. The number of nitrogens with zero attached hydrogens (tertiary/aromatic N) is 2. The van der Waals surface area contributed by atoms with Gasteiger partial charge >= 0.3 is 5.97 Å². The molecule has 1 heterocycles. The Morgan fingerprint density at radius 2 is 1.77 bits per heavy atom. The second-order valence-electron chi connectivity index (χ2n) is 11.4. The number of carboxylic acid groups (broad SMARTS) is 1. The van der Waals surface area contributed by atoms with Crippen molar-refractivity contribution in [1.82, 2.24) is 4.90 Å². The molecule has 5 atom stereocenters. The molecule has 8 nitrogen and oxygen atoms in total. The number of carbonyl (C=O) groups excluding carboxylic acids is 1. The molecule has 0 bridgehead atoms. The molecule has 0 spiro atoms. The Balaban J connectivity index is 1.44. The van der Waals surface area contributed by atoms with Gasteiger partial charge in [0.15, 0.2) is 9.84 Å². The molecule has 1 saturated heterocycles. The Morgan fingerprint density at radius 3 is 2.33 bits per heavy atom. The zero-order valence-corrected chi connectivity index (χ0v) is 23.4. The lowest BCUT2D eigenvalue weighted by Crippen LogP contribution is -2.46. The van der Waals surface area contributed by atoms with E-state index in [2.05, 4.69) is 4.90 Å². The van der Waals surface area contributed by atoms with Crippen LogP contribution in [-0.2, 0) is 19.4 Å². The quantitative estimate of drug-likeness (QED) is 0.475. The first-order chi connectivity index (χ1) is 19.0. The van der Waals surface area contributed by atoms with Gasteiger partial charge in [-0.15, -0.1) is 0 Å². The Hall–Kier alpha value is -3.00. The molecular weight excluding hydrogens is 557 g/mol. The number of primary amides is 1. The third-order valence-corrected chi connectivity index (χ3v) is 12.1. The number of nitriles is 1. The van der Waals surface area contributed by atoms with E-state index in [1.54, 1.807) is 24.3 Å². The van der Waals surface area contributed by atoms with Gasteiger partial charge in [-0.25, -0.2) is 12.8 Å². The first kappa shape index (κ1) is 28.5. The lowest BCUT2D eigenvalue weighted by Gasteiger charge is -2.38. The largest absolute Gasteiger partial charge is 0.481 e. The zero-order chi connectivity index (χ0) is 28.9. The van der Waals surface area contributed by atoms with Gasteiger partial charge in [0.25, 0.3) is 0 Å². The van der Waals surface area contributed by atoms with E-state index in [0.717, 1.165) is 18.4 Å². The first-order valence-corrected chi connectivity index (χ1v) is 15.3. The number of nitrogens with two attached hydrogens (primary N) is 1. The summed E-state index contributed by atoms with van der Waals surface area (Å²) >= 11 is 6.24. The van der Waals surface area contributed by atoms with Crippen molar-refractivity contribution in [1.29, 1.82) is 5.26 Å². The SMILES string of the molecule is N#CC1(C(N)=O)CC1[C@]1(C(=O)O)C[C@H](S(=O)(=O)c2ccccc2Cl)C[C@H]1CN1CCC(c2ccc(F)cc2)CC1. The Morgan fingerprint density at radius 1 is 1.12 bits per heavy atom. The number of halogens is 2. The fourth-order valence-electron chi connectivity index (χ4n) is 7.15. The summed E-state index contributed by atoms with van der Waals surface area (Å²) in [6, 6.07) is 14.5. The molecule has 2 unspecified atom stereocenters. The van der Waals surface area contributed by atoms with Crippen LogP contribution in [-0.4, -0.2) is 55.2 Å². The molecule has 3 aliphatic rings. The highest BCUT2D eigenvalue weighted by atomic mass is 35.5. The summed E-state index contributed by atoms with van der Waals surface area (Å²) < 4.78 is 40.9. The molecule has 40 heavy (non-hydrogen) atoms. The van der Waals surface area contributed by atoms with Gasteiger partial charge in [-0.1, -0.05) is 35.9 Å². The van der Waals surface area contributed by atoms with Crippen LogP contribution in [0.15, 0.2) is 53.4 Å². The van der Waals surface area contributed by atoms with Crippen LogP contribution in [0.25, 0.3) is 0 Å². The number of aliphatic carboxylic acids is 1. The summed E-state index contributed by atoms with van der Waals surface area (Å²) in [5.74, 6) is -3.65. The molecule has 5 rings (SSSR count). The number of carboxylic acids is 1. The predicted octanol–water partition coefficient (Wildman–Crippen LogP) is 4.00. The maximum absolute atomic E-state index is 13.8. The average Bonchev–Trinajstić information content (AvgIpc) is 3.57. The standard InChI is InChI=1S/C29H31ClFN3O5S/c30-23-3-1-2-4-24(23)40(38,39)22-13-20(29(14-22,27(36)37)25-15-28(25,17-32)26(33)35)16-34-11-9-19(10-12-34)18-5-7-21(31)8-6-18/h1-8,19-20,22,25H,9-16H2,(H2,33,35)(H,36,37)/t20-,22+,25?,28?,29-/m0/s1. The molecule has 0 radical (unpaired) electrons. The number of hydrogen-bond donors (Lipinski definition) is 2. The van der Waals surface area contributed by atoms with Gasteiger partial charge in [-0.2, -0.15) is 5.26 Å². The number of rotatable bonds is 8. The Kier molecular flexibility index (Phi) is 7.44. The summed E-state index contributed by atoms with van der Waals surface area (Å²) in [7, 11) is -4.01. The van der Waals surface area contributed by atoms with Crippen molar-refractivity contribution >= 4 is 33.3 Å². The minimum absolute atomic E-state index is 0.00681. The molecule has 212 valence electrons. The van der Waals surface area contributed by atoms with Gasteiger partial charge in [-0.3, -0.25) is 9.59 Å². The number of amides is 1. The van der Waals surface area contributed by atoms with Crippen LogP contribution in [0.1, 0.15) is 43.6 Å². The third kappa shape index (κ3) is 4.68. The lowest BCUT2D eigenvalue weighted by atomic mass is 9.70. The number of hydrogen-bond acceptors (Lipinski definition) is 6. The summed E-state index contributed by atoms with van der Waals surface area (Å²) in [5, 5.41) is 19.5. The van der Waals surface area contributed by atoms with Crippen LogP contribution in [0.3, 0.4) is 0 Å². The molecule has 1 aliphatic heterocycles. The molecule has 2 aromatic carbocycles. The highest BCUT2D eigenvalue weighted by Crippen LogP contribution is 2.68. The number of carbonyl (C=O) groups is 2. The van der Waals surface area contributed by atoms with Crippen LogP contribution >= 0.6 is 11.6 Å². The van der Waals surface area contributed by atoms with E-state index in [9.17, 15) is 32.8 Å². The summed E-state index contributed by atoms with van der Waals surface area (Å²) in [5.41, 5.74) is 3.38. The minimum atomic E-state index is -4.01. The van der Waals surface area contributed by atoms with Crippen LogP contribution in [0.4, 0.5) is 4.39 Å². The van der Waals surface area contributed by atoms with E-state index in [-0.39, 0.29) is 40.9 Å². The number of likely N-dealkylation sites (tertiary alicyclic amines) is 1. The van der Waals surface area contributed by atoms with Crippen molar-refractivity contribution in [3.05, 3.63) is 64.9 Å². The normalized spacial score (nSPS) is 31.0. The van der Waals surface area contributed by atoms with E-state index in [4.69, 9.17) is 17.3 Å². The monoisotopic (exact) mass is 587 g/mol. The number of piperidine rings is 1. The van der Waals surface area contributed by atoms with Crippen LogP contribution < -0.4 is 5.73 Å². The van der Waals surface area contributed by atoms with Gasteiger partial charge in [0, 0.05) is 12.5 Å². The Labute approximate surface area is 237 Å². The summed E-state index contributed by atoms with van der Waals surface area (Å²) in [6.45, 7) is 1.62. The second kappa shape index (κ2) is 10.4. The highest BCUT2D eigenvalue weighted by molar-refractivity contribution is 7.92.